The van der Waals surface area contributed by atoms with Crippen molar-refractivity contribution in [3.63, 3.8) is 0 Å². The number of ketones is 1. The molecule has 1 saturated heterocycles. The minimum atomic E-state index is -3.79. The van der Waals surface area contributed by atoms with E-state index in [1.807, 2.05) is 25.3 Å². The summed E-state index contributed by atoms with van der Waals surface area (Å²) in [6.07, 6.45) is 1.58. The van der Waals surface area contributed by atoms with Crippen LogP contribution in [-0.4, -0.2) is 48.7 Å². The first-order chi connectivity index (χ1) is 14.2. The van der Waals surface area contributed by atoms with Crippen LogP contribution in [0.1, 0.15) is 51.9 Å². The third-order valence-electron chi connectivity index (χ3n) is 5.37. The highest BCUT2D eigenvalue weighted by Crippen LogP contribution is 2.28. The summed E-state index contributed by atoms with van der Waals surface area (Å²) in [4.78, 5) is 24.9. The van der Waals surface area contributed by atoms with Gasteiger partial charge < -0.3 is 9.30 Å². The van der Waals surface area contributed by atoms with Crippen molar-refractivity contribution >= 4 is 33.4 Å². The molecule has 9 heteroatoms. The Kier molecular flexibility index (Phi) is 6.69. The first-order valence-corrected chi connectivity index (χ1v) is 11.7. The SMILES string of the molecule is CCn1c(C)cc(C(=O)COC(=O)c2ccc(Cl)c(S(=O)(=O)N3CCCC3)c2)c1C. The Bertz CT molecular complexity index is 1090. The van der Waals surface area contributed by atoms with Gasteiger partial charge >= 0.3 is 5.97 Å². The molecule has 1 aromatic heterocycles. The fourth-order valence-electron chi connectivity index (χ4n) is 3.76. The molecule has 0 saturated carbocycles. The summed E-state index contributed by atoms with van der Waals surface area (Å²) in [6, 6.07) is 5.74. The van der Waals surface area contributed by atoms with Crippen LogP contribution in [-0.2, 0) is 21.3 Å². The molecule has 0 radical (unpaired) electrons. The van der Waals surface area contributed by atoms with E-state index in [9.17, 15) is 18.0 Å². The Hall–Kier alpha value is -2.16. The van der Waals surface area contributed by atoms with Gasteiger partial charge in [-0.05, 0) is 57.9 Å². The molecule has 0 aliphatic carbocycles. The van der Waals surface area contributed by atoms with E-state index in [1.54, 1.807) is 6.07 Å². The second-order valence-corrected chi connectivity index (χ2v) is 9.60. The molecule has 0 N–H and O–H groups in total. The van der Waals surface area contributed by atoms with Crippen LogP contribution >= 0.6 is 11.6 Å². The second kappa shape index (κ2) is 8.91. The van der Waals surface area contributed by atoms with Gasteiger partial charge in [-0.3, -0.25) is 4.79 Å². The molecule has 162 valence electrons. The lowest BCUT2D eigenvalue weighted by atomic mass is 10.1. The number of esters is 1. The maximum atomic E-state index is 12.8. The first-order valence-electron chi connectivity index (χ1n) is 9.83. The first kappa shape index (κ1) is 22.5. The van der Waals surface area contributed by atoms with Crippen LogP contribution in [0.2, 0.25) is 5.02 Å². The van der Waals surface area contributed by atoms with E-state index < -0.39 is 22.6 Å². The van der Waals surface area contributed by atoms with Gasteiger partial charge in [0.2, 0.25) is 15.8 Å². The average molecular weight is 453 g/mol. The molecule has 0 bridgehead atoms. The van der Waals surface area contributed by atoms with Crippen LogP contribution in [0.5, 0.6) is 0 Å². The number of Topliss-reactive ketones (excluding diaryl/α,β-unsaturated/α-hetero) is 1. The zero-order valence-corrected chi connectivity index (χ0v) is 18.8. The Morgan fingerprint density at radius 3 is 2.40 bits per heavy atom. The lowest BCUT2D eigenvalue weighted by Gasteiger charge is -2.17. The molecule has 0 amide bonds. The van der Waals surface area contributed by atoms with Crippen LogP contribution in [0.25, 0.3) is 0 Å². The minimum Gasteiger partial charge on any atom is -0.454 e. The molecule has 30 heavy (non-hydrogen) atoms. The molecule has 2 heterocycles. The lowest BCUT2D eigenvalue weighted by molar-refractivity contribution is 0.0474. The standard InChI is InChI=1S/C21H25ClN2O5S/c1-4-24-14(2)11-17(15(24)3)19(25)13-29-21(26)16-7-8-18(22)20(12-16)30(27,28)23-9-5-6-10-23/h7-8,11-12H,4-6,9-10,13H2,1-3H3. The molecule has 0 atom stereocenters. The number of halogens is 1. The van der Waals surface area contributed by atoms with Crippen molar-refractivity contribution in [1.82, 2.24) is 8.87 Å². The van der Waals surface area contributed by atoms with E-state index in [1.165, 1.54) is 22.5 Å². The van der Waals surface area contributed by atoms with Crippen molar-refractivity contribution in [3.05, 3.63) is 51.8 Å². The van der Waals surface area contributed by atoms with Gasteiger partial charge in [0.1, 0.15) is 4.90 Å². The number of hydrogen-bond donors (Lipinski definition) is 0. The van der Waals surface area contributed by atoms with E-state index in [2.05, 4.69) is 0 Å². The van der Waals surface area contributed by atoms with Gasteiger partial charge in [-0.25, -0.2) is 13.2 Å². The van der Waals surface area contributed by atoms with Crippen molar-refractivity contribution in [2.45, 2.75) is 45.1 Å². The van der Waals surface area contributed by atoms with E-state index in [0.29, 0.717) is 18.7 Å². The summed E-state index contributed by atoms with van der Waals surface area (Å²) in [7, 11) is -3.79. The van der Waals surface area contributed by atoms with Crippen molar-refractivity contribution in [3.8, 4) is 0 Å². The van der Waals surface area contributed by atoms with E-state index >= 15 is 0 Å². The van der Waals surface area contributed by atoms with Gasteiger partial charge in [-0.1, -0.05) is 11.6 Å². The Morgan fingerprint density at radius 2 is 1.80 bits per heavy atom. The quantitative estimate of drug-likeness (QED) is 0.473. The summed E-state index contributed by atoms with van der Waals surface area (Å²) >= 11 is 6.11. The van der Waals surface area contributed by atoms with E-state index in [4.69, 9.17) is 16.3 Å². The number of aromatic nitrogens is 1. The summed E-state index contributed by atoms with van der Waals surface area (Å²) < 4.78 is 34.2. The predicted molar refractivity (Wildman–Crippen MR) is 114 cm³/mol. The van der Waals surface area contributed by atoms with Crippen LogP contribution in [0.4, 0.5) is 0 Å². The number of carbonyl (C=O) groups is 2. The largest absolute Gasteiger partial charge is 0.454 e. The topological polar surface area (TPSA) is 85.7 Å². The zero-order valence-electron chi connectivity index (χ0n) is 17.3. The van der Waals surface area contributed by atoms with Crippen molar-refractivity contribution in [2.75, 3.05) is 19.7 Å². The van der Waals surface area contributed by atoms with Crippen molar-refractivity contribution in [2.24, 2.45) is 0 Å². The molecule has 1 aliphatic heterocycles. The highest BCUT2D eigenvalue weighted by molar-refractivity contribution is 7.89. The molecule has 0 unspecified atom stereocenters. The number of ether oxygens (including phenoxy) is 1. The molecular formula is C21H25ClN2O5S. The summed E-state index contributed by atoms with van der Waals surface area (Å²) in [5.74, 6) is -1.09. The van der Waals surface area contributed by atoms with Crippen LogP contribution in [0.15, 0.2) is 29.2 Å². The van der Waals surface area contributed by atoms with Gasteiger partial charge in [0.25, 0.3) is 0 Å². The molecule has 7 nitrogen and oxygen atoms in total. The smallest absolute Gasteiger partial charge is 0.338 e. The van der Waals surface area contributed by atoms with Crippen LogP contribution < -0.4 is 0 Å². The monoisotopic (exact) mass is 452 g/mol. The van der Waals surface area contributed by atoms with Gasteiger partial charge in [-0.15, -0.1) is 0 Å². The van der Waals surface area contributed by atoms with E-state index in [0.717, 1.165) is 30.8 Å². The molecule has 1 fully saturated rings. The Morgan fingerprint density at radius 1 is 1.13 bits per heavy atom. The fraction of sp³-hybridized carbons (Fsp3) is 0.429. The maximum absolute atomic E-state index is 12.8. The fourth-order valence-corrected chi connectivity index (χ4v) is 5.78. The second-order valence-electron chi connectivity index (χ2n) is 7.28. The number of carbonyl (C=O) groups excluding carboxylic acids is 2. The number of benzene rings is 1. The molecule has 1 aliphatic rings. The molecule has 3 rings (SSSR count). The number of sulfonamides is 1. The molecular weight excluding hydrogens is 428 g/mol. The highest BCUT2D eigenvalue weighted by Gasteiger charge is 2.30. The maximum Gasteiger partial charge on any atom is 0.338 e. The third kappa shape index (κ3) is 4.31. The molecule has 1 aromatic carbocycles. The van der Waals surface area contributed by atoms with Gasteiger partial charge in [0, 0.05) is 36.6 Å². The summed E-state index contributed by atoms with van der Waals surface area (Å²) in [5, 5.41) is 0.0431. The zero-order chi connectivity index (χ0) is 22.1. The van der Waals surface area contributed by atoms with Gasteiger partial charge in [-0.2, -0.15) is 4.31 Å². The Balaban J connectivity index is 1.75. The summed E-state index contributed by atoms with van der Waals surface area (Å²) in [5.41, 5.74) is 2.32. The number of aryl methyl sites for hydroxylation is 1. The third-order valence-corrected chi connectivity index (χ3v) is 7.75. The number of hydrogen-bond acceptors (Lipinski definition) is 5. The Labute approximate surface area is 181 Å². The van der Waals surface area contributed by atoms with Crippen LogP contribution in [0, 0.1) is 13.8 Å². The number of rotatable bonds is 7. The van der Waals surface area contributed by atoms with Gasteiger partial charge in [0.05, 0.1) is 10.6 Å². The van der Waals surface area contributed by atoms with Crippen LogP contribution in [0.3, 0.4) is 0 Å². The normalized spacial score (nSPS) is 14.8. The summed E-state index contributed by atoms with van der Waals surface area (Å²) in [6.45, 7) is 6.92. The molecule has 0 spiro atoms. The minimum absolute atomic E-state index is 0.0315. The van der Waals surface area contributed by atoms with Crippen molar-refractivity contribution in [1.29, 1.82) is 0 Å². The highest BCUT2D eigenvalue weighted by atomic mass is 35.5. The number of nitrogens with zero attached hydrogens (tertiary/aromatic N) is 2. The van der Waals surface area contributed by atoms with Gasteiger partial charge in [0.15, 0.2) is 6.61 Å². The molecule has 2 aromatic rings. The van der Waals surface area contributed by atoms with E-state index in [-0.39, 0.29) is 21.3 Å². The lowest BCUT2D eigenvalue weighted by Crippen LogP contribution is -2.28. The average Bonchev–Trinajstić information content (AvgIpc) is 3.34. The van der Waals surface area contributed by atoms with Crippen molar-refractivity contribution < 1.29 is 22.7 Å². The predicted octanol–water partition coefficient (Wildman–Crippen LogP) is 3.60.